The molecule has 0 aromatic heterocycles. The number of methoxy groups -OCH3 is 1. The van der Waals surface area contributed by atoms with E-state index in [9.17, 15) is 0 Å². The highest BCUT2D eigenvalue weighted by atomic mass is 16.5. The number of likely N-dealkylation sites (N-methyl/N-ethyl adjacent to an activating group) is 1. The molecule has 0 saturated heterocycles. The predicted octanol–water partition coefficient (Wildman–Crippen LogP) is 3.14. The SMILES string of the molecule is COc1ccccc1C(CN)N(C)c1ccccc1C. The Labute approximate surface area is 121 Å². The average Bonchev–Trinajstić information content (AvgIpc) is 2.49. The van der Waals surface area contributed by atoms with E-state index in [0.717, 1.165) is 11.3 Å². The Morgan fingerprint density at radius 3 is 2.40 bits per heavy atom. The van der Waals surface area contributed by atoms with Gasteiger partial charge in [0.1, 0.15) is 5.75 Å². The molecule has 2 N–H and O–H groups in total. The Bertz CT molecular complexity index is 568. The fourth-order valence-electron chi connectivity index (χ4n) is 2.56. The summed E-state index contributed by atoms with van der Waals surface area (Å²) >= 11 is 0. The maximum absolute atomic E-state index is 6.02. The van der Waals surface area contributed by atoms with Gasteiger partial charge in [0.2, 0.25) is 0 Å². The first-order valence-corrected chi connectivity index (χ1v) is 6.80. The summed E-state index contributed by atoms with van der Waals surface area (Å²) in [4.78, 5) is 2.22. The van der Waals surface area contributed by atoms with Crippen molar-refractivity contribution in [2.75, 3.05) is 25.6 Å². The molecule has 0 radical (unpaired) electrons. The normalized spacial score (nSPS) is 12.0. The smallest absolute Gasteiger partial charge is 0.124 e. The minimum absolute atomic E-state index is 0.0900. The lowest BCUT2D eigenvalue weighted by Crippen LogP contribution is -2.31. The van der Waals surface area contributed by atoms with Gasteiger partial charge in [-0.1, -0.05) is 36.4 Å². The Morgan fingerprint density at radius 2 is 1.75 bits per heavy atom. The van der Waals surface area contributed by atoms with Crippen LogP contribution in [-0.2, 0) is 0 Å². The zero-order valence-corrected chi connectivity index (χ0v) is 12.3. The molecule has 2 aromatic rings. The van der Waals surface area contributed by atoms with Gasteiger partial charge in [-0.25, -0.2) is 0 Å². The van der Waals surface area contributed by atoms with Crippen molar-refractivity contribution in [3.63, 3.8) is 0 Å². The van der Waals surface area contributed by atoms with Gasteiger partial charge in [-0.2, -0.15) is 0 Å². The molecule has 3 nitrogen and oxygen atoms in total. The van der Waals surface area contributed by atoms with Crippen LogP contribution in [0, 0.1) is 6.92 Å². The van der Waals surface area contributed by atoms with E-state index >= 15 is 0 Å². The number of nitrogens with two attached hydrogens (primary N) is 1. The third-order valence-corrected chi connectivity index (χ3v) is 3.68. The van der Waals surface area contributed by atoms with Crippen LogP contribution in [-0.4, -0.2) is 20.7 Å². The van der Waals surface area contributed by atoms with Crippen LogP contribution in [0.2, 0.25) is 0 Å². The molecule has 0 heterocycles. The van der Waals surface area contributed by atoms with Gasteiger partial charge in [-0.15, -0.1) is 0 Å². The first-order chi connectivity index (χ1) is 9.69. The molecule has 1 atom stereocenters. The number of nitrogens with zero attached hydrogens (tertiary/aromatic N) is 1. The summed E-state index contributed by atoms with van der Waals surface area (Å²) in [6.45, 7) is 2.65. The van der Waals surface area contributed by atoms with E-state index in [1.165, 1.54) is 11.3 Å². The first kappa shape index (κ1) is 14.4. The summed E-state index contributed by atoms with van der Waals surface area (Å²) in [7, 11) is 3.77. The van der Waals surface area contributed by atoms with E-state index in [4.69, 9.17) is 10.5 Å². The van der Waals surface area contributed by atoms with Crippen molar-refractivity contribution >= 4 is 5.69 Å². The Hall–Kier alpha value is -2.00. The molecule has 106 valence electrons. The van der Waals surface area contributed by atoms with E-state index in [2.05, 4.69) is 43.1 Å². The van der Waals surface area contributed by atoms with Crippen molar-refractivity contribution in [1.82, 2.24) is 0 Å². The van der Waals surface area contributed by atoms with Crippen LogP contribution in [0.1, 0.15) is 17.2 Å². The molecule has 2 aromatic carbocycles. The van der Waals surface area contributed by atoms with E-state index < -0.39 is 0 Å². The number of hydrogen-bond donors (Lipinski definition) is 1. The minimum atomic E-state index is 0.0900. The molecule has 0 aliphatic carbocycles. The van der Waals surface area contributed by atoms with Gasteiger partial charge in [0.25, 0.3) is 0 Å². The predicted molar refractivity (Wildman–Crippen MR) is 84.4 cm³/mol. The van der Waals surface area contributed by atoms with Crippen LogP contribution in [0.15, 0.2) is 48.5 Å². The van der Waals surface area contributed by atoms with Crippen LogP contribution in [0.4, 0.5) is 5.69 Å². The zero-order chi connectivity index (χ0) is 14.5. The molecule has 0 amide bonds. The highest BCUT2D eigenvalue weighted by Gasteiger charge is 2.20. The number of rotatable bonds is 5. The van der Waals surface area contributed by atoms with Gasteiger partial charge in [0.15, 0.2) is 0 Å². The van der Waals surface area contributed by atoms with Crippen LogP contribution < -0.4 is 15.4 Å². The van der Waals surface area contributed by atoms with E-state index in [0.29, 0.717) is 6.54 Å². The van der Waals surface area contributed by atoms with Gasteiger partial charge >= 0.3 is 0 Å². The van der Waals surface area contributed by atoms with E-state index in [-0.39, 0.29) is 6.04 Å². The molecular weight excluding hydrogens is 248 g/mol. The second-order valence-electron chi connectivity index (χ2n) is 4.89. The summed E-state index contributed by atoms with van der Waals surface area (Å²) in [6, 6.07) is 16.5. The lowest BCUT2D eigenvalue weighted by Gasteiger charge is -2.31. The average molecular weight is 270 g/mol. The van der Waals surface area contributed by atoms with Gasteiger partial charge in [-0.05, 0) is 24.6 Å². The molecule has 0 bridgehead atoms. The fourth-order valence-corrected chi connectivity index (χ4v) is 2.56. The van der Waals surface area contributed by atoms with Gasteiger partial charge in [0, 0.05) is 24.8 Å². The summed E-state index contributed by atoms with van der Waals surface area (Å²) < 4.78 is 5.46. The second kappa shape index (κ2) is 6.44. The third-order valence-electron chi connectivity index (χ3n) is 3.68. The number of hydrogen-bond acceptors (Lipinski definition) is 3. The molecule has 3 heteroatoms. The van der Waals surface area contributed by atoms with Gasteiger partial charge in [-0.3, -0.25) is 0 Å². The van der Waals surface area contributed by atoms with Crippen molar-refractivity contribution in [1.29, 1.82) is 0 Å². The monoisotopic (exact) mass is 270 g/mol. The standard InChI is InChI=1S/C17H22N2O/c1-13-8-4-6-10-15(13)19(2)16(12-18)14-9-5-7-11-17(14)20-3/h4-11,16H,12,18H2,1-3H3. The molecule has 0 saturated carbocycles. The van der Waals surface area contributed by atoms with E-state index in [1.54, 1.807) is 7.11 Å². The zero-order valence-electron chi connectivity index (χ0n) is 12.3. The lowest BCUT2D eigenvalue weighted by molar-refractivity contribution is 0.405. The topological polar surface area (TPSA) is 38.5 Å². The number of ether oxygens (including phenoxy) is 1. The second-order valence-corrected chi connectivity index (χ2v) is 4.89. The van der Waals surface area contributed by atoms with Crippen molar-refractivity contribution in [3.8, 4) is 5.75 Å². The molecule has 2 rings (SSSR count). The largest absolute Gasteiger partial charge is 0.496 e. The fraction of sp³-hybridized carbons (Fsp3) is 0.294. The van der Waals surface area contributed by atoms with Crippen LogP contribution in [0.3, 0.4) is 0 Å². The number of anilines is 1. The summed E-state index contributed by atoms with van der Waals surface area (Å²) in [5, 5.41) is 0. The molecule has 0 fully saturated rings. The highest BCUT2D eigenvalue weighted by Crippen LogP contribution is 2.32. The number of benzene rings is 2. The summed E-state index contributed by atoms with van der Waals surface area (Å²) in [6.07, 6.45) is 0. The lowest BCUT2D eigenvalue weighted by atomic mass is 10.0. The Balaban J connectivity index is 2.40. The number of aryl methyl sites for hydroxylation is 1. The van der Waals surface area contributed by atoms with Crippen LogP contribution in [0.25, 0.3) is 0 Å². The van der Waals surface area contributed by atoms with Gasteiger partial charge < -0.3 is 15.4 Å². The molecular formula is C17H22N2O. The van der Waals surface area contributed by atoms with E-state index in [1.807, 2.05) is 24.3 Å². The molecule has 1 unspecified atom stereocenters. The Kier molecular flexibility index (Phi) is 4.64. The molecule has 0 spiro atoms. The molecule has 0 aliphatic rings. The highest BCUT2D eigenvalue weighted by molar-refractivity contribution is 5.55. The quantitative estimate of drug-likeness (QED) is 0.907. The van der Waals surface area contributed by atoms with Crippen LogP contribution >= 0.6 is 0 Å². The Morgan fingerprint density at radius 1 is 1.10 bits per heavy atom. The van der Waals surface area contributed by atoms with Crippen molar-refractivity contribution in [3.05, 3.63) is 59.7 Å². The van der Waals surface area contributed by atoms with Crippen molar-refractivity contribution in [2.24, 2.45) is 5.73 Å². The number of para-hydroxylation sites is 2. The maximum Gasteiger partial charge on any atom is 0.124 e. The minimum Gasteiger partial charge on any atom is -0.496 e. The van der Waals surface area contributed by atoms with Gasteiger partial charge in [0.05, 0.1) is 13.2 Å². The maximum atomic E-state index is 6.02. The third kappa shape index (κ3) is 2.78. The first-order valence-electron chi connectivity index (χ1n) is 6.80. The summed E-state index contributed by atoms with van der Waals surface area (Å²) in [5.74, 6) is 0.878. The molecule has 20 heavy (non-hydrogen) atoms. The summed E-state index contributed by atoms with van der Waals surface area (Å²) in [5.41, 5.74) is 9.56. The van der Waals surface area contributed by atoms with Crippen molar-refractivity contribution < 1.29 is 4.74 Å². The van der Waals surface area contributed by atoms with Crippen LogP contribution in [0.5, 0.6) is 5.75 Å². The molecule has 0 aliphatic heterocycles. The van der Waals surface area contributed by atoms with Crippen molar-refractivity contribution in [2.45, 2.75) is 13.0 Å².